The number of ether oxygens (including phenoxy) is 2. The fourth-order valence-electron chi connectivity index (χ4n) is 4.74. The number of rotatable bonds is 12. The molecule has 2 aliphatic rings. The Balaban J connectivity index is 0.00000432. The molecule has 8 nitrogen and oxygen atoms in total. The molecule has 3 atom stereocenters. The van der Waals surface area contributed by atoms with E-state index in [9.17, 15) is 19.5 Å². The average Bonchev–Trinajstić information content (AvgIpc) is 3.07. The number of carbonyl (C=O) groups is 3. The van der Waals surface area contributed by atoms with Crippen LogP contribution in [0.1, 0.15) is 66.2 Å². The van der Waals surface area contributed by atoms with E-state index in [1.54, 1.807) is 33.1 Å². The van der Waals surface area contributed by atoms with Crippen LogP contribution in [-0.4, -0.2) is 57.6 Å². The Labute approximate surface area is 234 Å². The van der Waals surface area contributed by atoms with Crippen LogP contribution in [0.3, 0.4) is 0 Å². The maximum Gasteiger partial charge on any atom is 1.00 e. The number of aliphatic carboxylic acids is 1. The Morgan fingerprint density at radius 1 is 1.14 bits per heavy atom. The van der Waals surface area contributed by atoms with Gasteiger partial charge in [-0.2, -0.15) is 0 Å². The molecule has 2 heterocycles. The molecule has 1 aromatic carbocycles. The van der Waals surface area contributed by atoms with E-state index in [0.29, 0.717) is 24.3 Å². The zero-order chi connectivity index (χ0) is 25.1. The first kappa shape index (κ1) is 29.8. The first-order valence-electron chi connectivity index (χ1n) is 12.0. The summed E-state index contributed by atoms with van der Waals surface area (Å²) in [4.78, 5) is 39.8. The van der Waals surface area contributed by atoms with Crippen molar-refractivity contribution in [1.82, 2.24) is 10.2 Å². The summed E-state index contributed by atoms with van der Waals surface area (Å²) in [6.45, 7) is 7.66. The molecule has 0 bridgehead atoms. The molecule has 2 aliphatic heterocycles. The number of para-hydroxylation sites is 2. The predicted octanol–water partition coefficient (Wildman–Crippen LogP) is -0.506. The Morgan fingerprint density at radius 2 is 1.71 bits per heavy atom. The number of nitrogens with zero attached hydrogens (tertiary/aromatic N) is 1. The van der Waals surface area contributed by atoms with Gasteiger partial charge in [0.25, 0.3) is 5.91 Å². The van der Waals surface area contributed by atoms with Crippen molar-refractivity contribution in [2.24, 2.45) is 0 Å². The molecule has 2 saturated heterocycles. The van der Waals surface area contributed by atoms with E-state index in [0.717, 1.165) is 25.7 Å². The van der Waals surface area contributed by atoms with Gasteiger partial charge in [-0.1, -0.05) is 38.8 Å². The minimum absolute atomic E-state index is 0. The topological polar surface area (TPSA) is 108 Å². The van der Waals surface area contributed by atoms with Gasteiger partial charge in [-0.3, -0.25) is 9.59 Å². The predicted molar refractivity (Wildman–Crippen MR) is 128 cm³/mol. The van der Waals surface area contributed by atoms with Crippen LogP contribution in [0.2, 0.25) is 0 Å². The van der Waals surface area contributed by atoms with E-state index in [4.69, 9.17) is 9.47 Å². The number of unbranched alkanes of at least 4 members (excludes halogenated alkanes) is 2. The molecular weight excluding hydrogens is 479 g/mol. The third kappa shape index (κ3) is 5.95. The van der Waals surface area contributed by atoms with Crippen molar-refractivity contribution in [2.45, 2.75) is 94.0 Å². The molecule has 2 amide bonds. The maximum atomic E-state index is 13.8. The Hall–Kier alpha value is -1.42. The summed E-state index contributed by atoms with van der Waals surface area (Å²) in [6.07, 6.45) is 4.29. The van der Waals surface area contributed by atoms with Crippen molar-refractivity contribution in [2.75, 3.05) is 7.11 Å². The van der Waals surface area contributed by atoms with Gasteiger partial charge in [0.2, 0.25) is 5.91 Å². The number of benzene rings is 1. The van der Waals surface area contributed by atoms with Crippen LogP contribution in [0.25, 0.3) is 0 Å². The van der Waals surface area contributed by atoms with Gasteiger partial charge in [-0.05, 0) is 51.7 Å². The molecule has 0 aliphatic carbocycles. The van der Waals surface area contributed by atoms with E-state index in [1.807, 2.05) is 12.1 Å². The minimum atomic E-state index is -1.28. The molecule has 188 valence electrons. The Kier molecular flexibility index (Phi) is 10.4. The molecule has 0 saturated carbocycles. The van der Waals surface area contributed by atoms with E-state index >= 15 is 0 Å². The van der Waals surface area contributed by atoms with Gasteiger partial charge in [0.1, 0.15) is 11.4 Å². The smallest absolute Gasteiger partial charge is 0.548 e. The summed E-state index contributed by atoms with van der Waals surface area (Å²) in [5, 5.41) is 14.2. The monoisotopic (exact) mass is 514 g/mol. The number of carbonyl (C=O) groups excluding carboxylic acids is 3. The fraction of sp³-hybridized carbons (Fsp3) is 0.640. The summed E-state index contributed by atoms with van der Waals surface area (Å²) in [5.74, 6) is -1.03. The molecule has 35 heavy (non-hydrogen) atoms. The number of thioether (sulfide) groups is 1. The number of hydrogen-bond acceptors (Lipinski definition) is 7. The number of carboxylic acids is 1. The van der Waals surface area contributed by atoms with Crippen LogP contribution in [0.15, 0.2) is 24.3 Å². The van der Waals surface area contributed by atoms with Gasteiger partial charge >= 0.3 is 29.6 Å². The van der Waals surface area contributed by atoms with Crippen LogP contribution >= 0.6 is 11.8 Å². The molecule has 1 aromatic rings. The third-order valence-electron chi connectivity index (χ3n) is 6.61. The van der Waals surface area contributed by atoms with Crippen LogP contribution < -0.4 is 49.5 Å². The van der Waals surface area contributed by atoms with Gasteiger partial charge < -0.3 is 29.6 Å². The molecule has 10 heteroatoms. The van der Waals surface area contributed by atoms with Gasteiger partial charge in [-0.15, -0.1) is 11.8 Å². The Bertz CT molecular complexity index is 919. The molecule has 0 spiro atoms. The van der Waals surface area contributed by atoms with E-state index in [-0.39, 0.29) is 35.5 Å². The van der Waals surface area contributed by atoms with E-state index in [1.165, 1.54) is 16.7 Å². The standard InChI is InChI=1S/C25H36N2O6S.Na/c1-6-8-14-25(15-9-7-2,33-17-13-11-10-12-16(17)32-5)23(31)26-18-20(28)27-19(22(29)30)24(3,4)34-21(18)27;/h10-13,18-19,21H,6-9,14-15H2,1-5H3,(H,26,31)(H,29,30);/q;+1/p-1/t18-,19+,21-;/m1./s1. The second-order valence-corrected chi connectivity index (χ2v) is 11.3. The van der Waals surface area contributed by atoms with Crippen molar-refractivity contribution in [3.05, 3.63) is 24.3 Å². The normalized spacial score (nSPS) is 22.5. The Morgan fingerprint density at radius 3 is 2.23 bits per heavy atom. The molecule has 2 fully saturated rings. The van der Waals surface area contributed by atoms with Crippen LogP contribution in [0.5, 0.6) is 11.5 Å². The van der Waals surface area contributed by atoms with Crippen LogP contribution in [0.4, 0.5) is 0 Å². The van der Waals surface area contributed by atoms with Gasteiger partial charge in [0.05, 0.1) is 19.1 Å². The van der Waals surface area contributed by atoms with Crippen molar-refractivity contribution in [1.29, 1.82) is 0 Å². The quantitative estimate of drug-likeness (QED) is 0.296. The van der Waals surface area contributed by atoms with Crippen molar-refractivity contribution in [3.63, 3.8) is 0 Å². The first-order chi connectivity index (χ1) is 16.1. The largest absolute Gasteiger partial charge is 1.00 e. The number of hydrogen-bond donors (Lipinski definition) is 1. The number of amides is 2. The zero-order valence-electron chi connectivity index (χ0n) is 21.6. The minimum Gasteiger partial charge on any atom is -0.548 e. The van der Waals surface area contributed by atoms with E-state index in [2.05, 4.69) is 19.2 Å². The second kappa shape index (κ2) is 12.2. The summed E-state index contributed by atoms with van der Waals surface area (Å²) < 4.78 is 11.2. The zero-order valence-corrected chi connectivity index (χ0v) is 24.4. The third-order valence-corrected chi connectivity index (χ3v) is 8.18. The van der Waals surface area contributed by atoms with Gasteiger partial charge in [0.15, 0.2) is 17.1 Å². The summed E-state index contributed by atoms with van der Waals surface area (Å²) in [7, 11) is 1.55. The van der Waals surface area contributed by atoms with Crippen molar-refractivity contribution in [3.8, 4) is 11.5 Å². The van der Waals surface area contributed by atoms with Crippen LogP contribution in [0, 0.1) is 0 Å². The fourth-order valence-corrected chi connectivity index (χ4v) is 6.36. The number of carboxylic acid groups (broad SMARTS) is 1. The summed E-state index contributed by atoms with van der Waals surface area (Å²) >= 11 is 1.37. The molecule has 0 radical (unpaired) electrons. The van der Waals surface area contributed by atoms with Crippen molar-refractivity contribution < 1.29 is 58.5 Å². The number of fused-ring (bicyclic) bond motifs is 1. The first-order valence-corrected chi connectivity index (χ1v) is 12.8. The second-order valence-electron chi connectivity index (χ2n) is 9.48. The van der Waals surface area contributed by atoms with Crippen LogP contribution in [-0.2, 0) is 14.4 Å². The summed E-state index contributed by atoms with van der Waals surface area (Å²) in [6, 6.07) is 5.38. The summed E-state index contributed by atoms with van der Waals surface area (Å²) in [5.41, 5.74) is -1.17. The van der Waals surface area contributed by atoms with Crippen molar-refractivity contribution >= 4 is 29.5 Å². The molecule has 1 N–H and O–H groups in total. The molecular formula is C25H35N2NaO6S. The molecule has 3 rings (SSSR count). The molecule has 0 unspecified atom stereocenters. The maximum absolute atomic E-state index is 13.8. The number of methoxy groups -OCH3 is 1. The average molecular weight is 515 g/mol. The SMILES string of the molecule is CCCCC(CCCC)(Oc1ccccc1OC)C(=O)N[C@@H]1C(=O)N2[C@@H]1SC(C)(C)[C@@H]2C(=O)[O-].[Na+]. The number of nitrogens with one attached hydrogen (secondary N) is 1. The van der Waals surface area contributed by atoms with Gasteiger partial charge in [-0.25, -0.2) is 0 Å². The number of β-lactam (4-membered cyclic amide) rings is 1. The van der Waals surface area contributed by atoms with Gasteiger partial charge in [0, 0.05) is 4.75 Å². The molecule has 0 aromatic heterocycles. The van der Waals surface area contributed by atoms with E-state index < -0.39 is 39.7 Å².